The van der Waals surface area contributed by atoms with Crippen LogP contribution in [0.3, 0.4) is 0 Å². The molecule has 1 fully saturated rings. The van der Waals surface area contributed by atoms with Crippen LogP contribution in [0, 0.1) is 12.8 Å². The highest BCUT2D eigenvalue weighted by Gasteiger charge is 2.27. The number of aliphatic carboxylic acids is 1. The third-order valence-electron chi connectivity index (χ3n) is 3.74. The van der Waals surface area contributed by atoms with Crippen LogP contribution in [0.1, 0.15) is 35.0 Å². The Morgan fingerprint density at radius 1 is 1.39 bits per heavy atom. The molecule has 2 heterocycles. The van der Waals surface area contributed by atoms with Crippen molar-refractivity contribution in [1.29, 1.82) is 0 Å². The number of carbonyl (C=O) groups is 3. The van der Waals surface area contributed by atoms with Crippen molar-refractivity contribution in [2.75, 3.05) is 25.0 Å². The van der Waals surface area contributed by atoms with Crippen LogP contribution < -0.4 is 5.32 Å². The second kappa shape index (κ2) is 7.45. The topological polar surface area (TPSA) is 95.9 Å². The van der Waals surface area contributed by atoms with E-state index in [4.69, 9.17) is 9.84 Å². The highest BCUT2D eigenvalue weighted by Crippen LogP contribution is 2.28. The average molecular weight is 340 g/mol. The fourth-order valence-electron chi connectivity index (χ4n) is 2.46. The number of hydrogen-bond donors (Lipinski definition) is 2. The zero-order valence-electron chi connectivity index (χ0n) is 13.1. The molecule has 126 valence electrons. The third-order valence-corrected chi connectivity index (χ3v) is 4.87. The van der Waals surface area contributed by atoms with Gasteiger partial charge in [0.15, 0.2) is 0 Å². The minimum atomic E-state index is -0.807. The van der Waals surface area contributed by atoms with E-state index in [1.54, 1.807) is 24.8 Å². The summed E-state index contributed by atoms with van der Waals surface area (Å²) in [6, 6.07) is 1.46. The van der Waals surface area contributed by atoms with Crippen molar-refractivity contribution in [3.8, 4) is 0 Å². The summed E-state index contributed by atoms with van der Waals surface area (Å²) < 4.78 is 4.97. The van der Waals surface area contributed by atoms with Gasteiger partial charge in [-0.3, -0.25) is 10.1 Å². The molecular weight excluding hydrogens is 320 g/mol. The summed E-state index contributed by atoms with van der Waals surface area (Å²) in [4.78, 5) is 37.0. The van der Waals surface area contributed by atoms with Crippen molar-refractivity contribution in [3.63, 3.8) is 0 Å². The Balaban J connectivity index is 1.95. The van der Waals surface area contributed by atoms with Crippen LogP contribution in [0.2, 0.25) is 0 Å². The third kappa shape index (κ3) is 4.22. The molecule has 1 aromatic rings. The van der Waals surface area contributed by atoms with Gasteiger partial charge in [-0.05, 0) is 38.3 Å². The molecule has 2 amide bonds. The largest absolute Gasteiger partial charge is 0.481 e. The maximum Gasteiger partial charge on any atom is 0.348 e. The van der Waals surface area contributed by atoms with Crippen molar-refractivity contribution in [3.05, 3.63) is 16.5 Å². The molecule has 8 heteroatoms. The predicted molar refractivity (Wildman–Crippen MR) is 86.0 cm³/mol. The van der Waals surface area contributed by atoms with Gasteiger partial charge in [0.1, 0.15) is 4.88 Å². The molecule has 0 unspecified atom stereocenters. The first-order valence-corrected chi connectivity index (χ1v) is 8.30. The van der Waals surface area contributed by atoms with Crippen LogP contribution in [0.25, 0.3) is 0 Å². The minimum absolute atomic E-state index is 0.273. The van der Waals surface area contributed by atoms with E-state index in [2.05, 4.69) is 5.32 Å². The molecule has 0 aromatic carbocycles. The number of anilines is 1. The molecule has 1 saturated heterocycles. The summed E-state index contributed by atoms with van der Waals surface area (Å²) in [6.45, 7) is 4.66. The number of likely N-dealkylation sites (tertiary alicyclic amines) is 1. The lowest BCUT2D eigenvalue weighted by Crippen LogP contribution is -2.42. The normalized spacial score (nSPS) is 15.3. The molecule has 2 N–H and O–H groups in total. The molecule has 1 aliphatic heterocycles. The van der Waals surface area contributed by atoms with E-state index >= 15 is 0 Å². The second-order valence-electron chi connectivity index (χ2n) is 5.37. The average Bonchev–Trinajstić information content (AvgIpc) is 2.88. The van der Waals surface area contributed by atoms with Crippen LogP contribution in [-0.2, 0) is 9.53 Å². The van der Waals surface area contributed by atoms with E-state index in [0.29, 0.717) is 42.4 Å². The highest BCUT2D eigenvalue weighted by atomic mass is 32.1. The molecule has 0 spiro atoms. The Hall–Kier alpha value is -2.09. The first kappa shape index (κ1) is 17.3. The van der Waals surface area contributed by atoms with Crippen molar-refractivity contribution >= 4 is 34.3 Å². The number of piperidine rings is 1. The molecule has 23 heavy (non-hydrogen) atoms. The number of urea groups is 1. The number of rotatable bonds is 4. The van der Waals surface area contributed by atoms with Gasteiger partial charge in [-0.1, -0.05) is 0 Å². The Kier molecular flexibility index (Phi) is 5.59. The molecule has 0 aliphatic carbocycles. The van der Waals surface area contributed by atoms with Gasteiger partial charge in [-0.25, -0.2) is 9.59 Å². The van der Waals surface area contributed by atoms with Crippen LogP contribution in [0.4, 0.5) is 9.80 Å². The van der Waals surface area contributed by atoms with Gasteiger partial charge in [-0.2, -0.15) is 0 Å². The molecule has 0 atom stereocenters. The van der Waals surface area contributed by atoms with Crippen LogP contribution in [-0.4, -0.2) is 47.7 Å². The number of esters is 1. The lowest BCUT2D eigenvalue weighted by Gasteiger charge is -2.29. The second-order valence-corrected chi connectivity index (χ2v) is 6.43. The van der Waals surface area contributed by atoms with E-state index in [1.165, 1.54) is 11.3 Å². The molecular formula is C15H20N2O5S. The lowest BCUT2D eigenvalue weighted by atomic mass is 9.97. The van der Waals surface area contributed by atoms with Crippen molar-refractivity contribution < 1.29 is 24.2 Å². The van der Waals surface area contributed by atoms with E-state index in [-0.39, 0.29) is 11.9 Å². The summed E-state index contributed by atoms with van der Waals surface area (Å²) in [5, 5.41) is 12.3. The van der Waals surface area contributed by atoms with E-state index < -0.39 is 11.9 Å². The zero-order valence-corrected chi connectivity index (χ0v) is 13.9. The van der Waals surface area contributed by atoms with Crippen LogP contribution in [0.5, 0.6) is 0 Å². The SMILES string of the molecule is CCOC(=O)c1sc(NC(=O)N2CCC(C(=O)O)CC2)cc1C. The van der Waals surface area contributed by atoms with Gasteiger partial charge in [0.25, 0.3) is 0 Å². The first-order valence-electron chi connectivity index (χ1n) is 7.48. The first-order chi connectivity index (χ1) is 10.9. The van der Waals surface area contributed by atoms with E-state index in [0.717, 1.165) is 5.56 Å². The van der Waals surface area contributed by atoms with Gasteiger partial charge in [-0.15, -0.1) is 11.3 Å². The molecule has 7 nitrogen and oxygen atoms in total. The Morgan fingerprint density at radius 3 is 2.61 bits per heavy atom. The van der Waals surface area contributed by atoms with E-state index in [1.807, 2.05) is 0 Å². The van der Waals surface area contributed by atoms with E-state index in [9.17, 15) is 14.4 Å². The standard InChI is InChI=1S/C15H20N2O5S/c1-3-22-14(20)12-9(2)8-11(23-12)16-15(21)17-6-4-10(5-7-17)13(18)19/h8,10H,3-7H2,1-2H3,(H,16,21)(H,18,19). The van der Waals surface area contributed by atoms with Gasteiger partial charge in [0.05, 0.1) is 17.5 Å². The van der Waals surface area contributed by atoms with Crippen molar-refractivity contribution in [2.24, 2.45) is 5.92 Å². The summed E-state index contributed by atoms with van der Waals surface area (Å²) in [7, 11) is 0. The number of carboxylic acids is 1. The van der Waals surface area contributed by atoms with Crippen LogP contribution >= 0.6 is 11.3 Å². The number of thiophene rings is 1. The summed E-state index contributed by atoms with van der Waals surface area (Å²) in [5.74, 6) is -1.57. The summed E-state index contributed by atoms with van der Waals surface area (Å²) in [6.07, 6.45) is 0.917. The fraction of sp³-hybridized carbons (Fsp3) is 0.533. The number of aryl methyl sites for hydroxylation is 1. The Bertz CT molecular complexity index is 605. The number of carbonyl (C=O) groups excluding carboxylic acids is 2. The smallest absolute Gasteiger partial charge is 0.348 e. The quantitative estimate of drug-likeness (QED) is 0.821. The van der Waals surface area contributed by atoms with Gasteiger partial charge >= 0.3 is 18.0 Å². The van der Waals surface area contributed by atoms with Crippen molar-refractivity contribution in [1.82, 2.24) is 4.90 Å². The number of carboxylic acid groups (broad SMARTS) is 1. The maximum absolute atomic E-state index is 12.2. The number of ether oxygens (including phenoxy) is 1. The molecule has 2 rings (SSSR count). The molecule has 0 saturated carbocycles. The fourth-order valence-corrected chi connectivity index (χ4v) is 3.41. The zero-order chi connectivity index (χ0) is 17.0. The number of nitrogens with zero attached hydrogens (tertiary/aromatic N) is 1. The molecule has 1 aliphatic rings. The Morgan fingerprint density at radius 2 is 2.04 bits per heavy atom. The number of hydrogen-bond acceptors (Lipinski definition) is 5. The number of nitrogens with one attached hydrogen (secondary N) is 1. The predicted octanol–water partition coefficient (Wildman–Crippen LogP) is 2.56. The highest BCUT2D eigenvalue weighted by molar-refractivity contribution is 7.18. The monoisotopic (exact) mass is 340 g/mol. The van der Waals surface area contributed by atoms with Crippen molar-refractivity contribution in [2.45, 2.75) is 26.7 Å². The van der Waals surface area contributed by atoms with Gasteiger partial charge in [0.2, 0.25) is 0 Å². The maximum atomic E-state index is 12.2. The van der Waals surface area contributed by atoms with Gasteiger partial charge in [0, 0.05) is 13.1 Å². The van der Waals surface area contributed by atoms with Crippen LogP contribution in [0.15, 0.2) is 6.07 Å². The lowest BCUT2D eigenvalue weighted by molar-refractivity contribution is -0.143. The molecule has 0 radical (unpaired) electrons. The molecule has 1 aromatic heterocycles. The summed E-state index contributed by atoms with van der Waals surface area (Å²) >= 11 is 1.18. The minimum Gasteiger partial charge on any atom is -0.481 e. The molecule has 0 bridgehead atoms. The Labute approximate surface area is 138 Å². The summed E-state index contributed by atoms with van der Waals surface area (Å²) in [5.41, 5.74) is 0.758. The van der Waals surface area contributed by atoms with Gasteiger partial charge < -0.3 is 14.7 Å². The number of amides is 2.